The van der Waals surface area contributed by atoms with Gasteiger partial charge in [-0.1, -0.05) is 0 Å². The predicted octanol–water partition coefficient (Wildman–Crippen LogP) is 1.13. The minimum absolute atomic E-state index is 0.0891. The molecule has 1 aliphatic carbocycles. The van der Waals surface area contributed by atoms with Crippen LogP contribution in [0.2, 0.25) is 0 Å². The van der Waals surface area contributed by atoms with Crippen LogP contribution in [0.3, 0.4) is 0 Å². The number of nitrogens with zero attached hydrogens (tertiary/aromatic N) is 1. The van der Waals surface area contributed by atoms with Crippen LogP contribution < -0.4 is 0 Å². The lowest BCUT2D eigenvalue weighted by molar-refractivity contribution is -0.0889. The van der Waals surface area contributed by atoms with E-state index in [9.17, 15) is 13.2 Å². The zero-order valence-electron chi connectivity index (χ0n) is 12.9. The van der Waals surface area contributed by atoms with Gasteiger partial charge in [0.1, 0.15) is 11.7 Å². The summed E-state index contributed by atoms with van der Waals surface area (Å²) in [6, 6.07) is 0. The van der Waals surface area contributed by atoms with Crippen molar-refractivity contribution in [2.45, 2.75) is 50.9 Å². The van der Waals surface area contributed by atoms with E-state index in [0.29, 0.717) is 6.61 Å². The van der Waals surface area contributed by atoms with Gasteiger partial charge in [0.05, 0.1) is 31.6 Å². The first-order valence-corrected chi connectivity index (χ1v) is 8.79. The summed E-state index contributed by atoms with van der Waals surface area (Å²) < 4.78 is 37.9. The average molecular weight is 321 g/mol. The van der Waals surface area contributed by atoms with E-state index in [-0.39, 0.29) is 24.8 Å². The maximum absolute atomic E-state index is 12.3. The molecule has 1 heterocycles. The Labute approximate surface area is 125 Å². The number of carbonyl (C=O) groups excluding carboxylic acids is 1. The summed E-state index contributed by atoms with van der Waals surface area (Å²) in [6.07, 6.45) is 1.91. The van der Waals surface area contributed by atoms with Gasteiger partial charge in [-0.25, -0.2) is 4.79 Å². The molecule has 0 aromatic heterocycles. The Bertz CT molecular complexity index is 505. The van der Waals surface area contributed by atoms with Crippen molar-refractivity contribution in [3.63, 3.8) is 0 Å². The highest BCUT2D eigenvalue weighted by Gasteiger charge is 2.54. The van der Waals surface area contributed by atoms with E-state index < -0.39 is 21.8 Å². The average Bonchev–Trinajstić information content (AvgIpc) is 3.05. The third-order valence-corrected chi connectivity index (χ3v) is 4.02. The van der Waals surface area contributed by atoms with Crippen molar-refractivity contribution in [1.29, 1.82) is 0 Å². The second-order valence-electron chi connectivity index (χ2n) is 6.74. The van der Waals surface area contributed by atoms with Gasteiger partial charge < -0.3 is 9.47 Å². The fourth-order valence-electron chi connectivity index (χ4n) is 2.24. The number of hydrogen-bond acceptors (Lipinski definition) is 6. The summed E-state index contributed by atoms with van der Waals surface area (Å²) >= 11 is 0. The quantitative estimate of drug-likeness (QED) is 0.725. The molecule has 0 aromatic carbocycles. The number of rotatable bonds is 3. The molecule has 1 saturated carbocycles. The fourth-order valence-corrected chi connectivity index (χ4v) is 2.64. The molecule has 21 heavy (non-hydrogen) atoms. The van der Waals surface area contributed by atoms with Gasteiger partial charge in [-0.05, 0) is 33.6 Å². The lowest BCUT2D eigenvalue weighted by Gasteiger charge is -2.40. The van der Waals surface area contributed by atoms with Gasteiger partial charge in [0.2, 0.25) is 0 Å². The van der Waals surface area contributed by atoms with Gasteiger partial charge >= 0.3 is 6.09 Å². The van der Waals surface area contributed by atoms with Crippen molar-refractivity contribution >= 4 is 16.2 Å². The van der Waals surface area contributed by atoms with E-state index in [1.54, 1.807) is 4.90 Å². The maximum Gasteiger partial charge on any atom is 0.410 e. The van der Waals surface area contributed by atoms with Crippen molar-refractivity contribution in [3.05, 3.63) is 0 Å². The van der Waals surface area contributed by atoms with Crippen LogP contribution in [0.25, 0.3) is 0 Å². The van der Waals surface area contributed by atoms with Crippen LogP contribution in [0.5, 0.6) is 0 Å². The van der Waals surface area contributed by atoms with Gasteiger partial charge in [0, 0.05) is 0 Å². The molecule has 122 valence electrons. The molecule has 0 aromatic rings. The Kier molecular flexibility index (Phi) is 4.25. The Balaban J connectivity index is 1.99. The highest BCUT2D eigenvalue weighted by atomic mass is 32.2. The van der Waals surface area contributed by atoms with Crippen molar-refractivity contribution in [3.8, 4) is 0 Å². The summed E-state index contributed by atoms with van der Waals surface area (Å²) in [5.74, 6) is 0. The second-order valence-corrected chi connectivity index (χ2v) is 8.38. The molecule has 0 radical (unpaired) electrons. The van der Waals surface area contributed by atoms with Crippen LogP contribution in [-0.2, 0) is 23.8 Å². The van der Waals surface area contributed by atoms with Crippen LogP contribution in [0.1, 0.15) is 33.6 Å². The fraction of sp³-hybridized carbons (Fsp3) is 0.923. The van der Waals surface area contributed by atoms with Gasteiger partial charge in [0.25, 0.3) is 10.1 Å². The predicted molar refractivity (Wildman–Crippen MR) is 75.4 cm³/mol. The summed E-state index contributed by atoms with van der Waals surface area (Å²) in [4.78, 5) is 14.0. The second kappa shape index (κ2) is 5.40. The highest BCUT2D eigenvalue weighted by molar-refractivity contribution is 7.85. The largest absolute Gasteiger partial charge is 0.444 e. The molecule has 1 saturated heterocycles. The van der Waals surface area contributed by atoms with E-state index in [1.807, 2.05) is 20.8 Å². The summed E-state index contributed by atoms with van der Waals surface area (Å²) in [5.41, 5.74) is -0.839. The number of ether oxygens (including phenoxy) is 2. The Morgan fingerprint density at radius 2 is 2.00 bits per heavy atom. The molecule has 0 N–H and O–H groups in total. The molecular formula is C13H23NO6S. The Morgan fingerprint density at radius 1 is 1.38 bits per heavy atom. The van der Waals surface area contributed by atoms with Gasteiger partial charge in [-0.2, -0.15) is 8.42 Å². The first kappa shape index (κ1) is 16.5. The molecular weight excluding hydrogens is 298 g/mol. The van der Waals surface area contributed by atoms with Gasteiger partial charge in [0.15, 0.2) is 0 Å². The normalized spacial score (nSPS) is 25.0. The summed E-state index contributed by atoms with van der Waals surface area (Å²) in [6.45, 7) is 6.03. The van der Waals surface area contributed by atoms with Gasteiger partial charge in [-0.15, -0.1) is 0 Å². The van der Waals surface area contributed by atoms with Crippen LogP contribution in [-0.4, -0.2) is 62.7 Å². The summed E-state index contributed by atoms with van der Waals surface area (Å²) in [5, 5.41) is 0. The molecule has 0 bridgehead atoms. The minimum atomic E-state index is -3.52. The first-order chi connectivity index (χ1) is 9.51. The van der Waals surface area contributed by atoms with E-state index in [4.69, 9.17) is 13.7 Å². The van der Waals surface area contributed by atoms with E-state index >= 15 is 0 Å². The number of amides is 1. The minimum Gasteiger partial charge on any atom is -0.444 e. The summed E-state index contributed by atoms with van der Waals surface area (Å²) in [7, 11) is -3.52. The Hall–Kier alpha value is -0.860. The van der Waals surface area contributed by atoms with Crippen LogP contribution in [0.4, 0.5) is 4.79 Å². The first-order valence-electron chi connectivity index (χ1n) is 6.97. The molecule has 1 atom stereocenters. The van der Waals surface area contributed by atoms with Gasteiger partial charge in [-0.3, -0.25) is 9.08 Å². The molecule has 7 nitrogen and oxygen atoms in total. The van der Waals surface area contributed by atoms with Crippen molar-refractivity contribution < 1.29 is 26.9 Å². The number of hydrogen-bond donors (Lipinski definition) is 0. The molecule has 2 fully saturated rings. The van der Waals surface area contributed by atoms with E-state index in [1.165, 1.54) is 0 Å². The SMILES string of the molecule is CC(C)(C)OC(=O)N1C[C@H](COS(C)(=O)=O)OCC12CC2. The number of morpholine rings is 1. The number of carbonyl (C=O) groups is 1. The molecule has 8 heteroatoms. The monoisotopic (exact) mass is 321 g/mol. The molecule has 0 unspecified atom stereocenters. The molecule has 1 amide bonds. The third-order valence-electron chi connectivity index (χ3n) is 3.46. The Morgan fingerprint density at radius 3 is 2.48 bits per heavy atom. The highest BCUT2D eigenvalue weighted by Crippen LogP contribution is 2.45. The lowest BCUT2D eigenvalue weighted by atomic mass is 10.1. The third kappa shape index (κ3) is 4.55. The topological polar surface area (TPSA) is 82.1 Å². The molecule has 1 aliphatic heterocycles. The maximum atomic E-state index is 12.3. The van der Waals surface area contributed by atoms with Crippen molar-refractivity contribution in [2.75, 3.05) is 26.0 Å². The molecule has 2 aliphatic rings. The van der Waals surface area contributed by atoms with E-state index in [0.717, 1.165) is 19.1 Å². The molecule has 2 rings (SSSR count). The van der Waals surface area contributed by atoms with Crippen molar-refractivity contribution in [1.82, 2.24) is 4.90 Å². The lowest BCUT2D eigenvalue weighted by Crippen LogP contribution is -2.56. The standard InChI is InChI=1S/C13H23NO6S/c1-12(2,3)20-11(15)14-7-10(8-19-21(4,16)17)18-9-13(14)5-6-13/h10H,5-9H2,1-4H3/t10-/m1/s1. The van der Waals surface area contributed by atoms with E-state index in [2.05, 4.69) is 0 Å². The van der Waals surface area contributed by atoms with Crippen molar-refractivity contribution in [2.24, 2.45) is 0 Å². The zero-order valence-corrected chi connectivity index (χ0v) is 13.7. The van der Waals surface area contributed by atoms with Crippen LogP contribution >= 0.6 is 0 Å². The zero-order chi connectivity index (χ0) is 15.9. The van der Waals surface area contributed by atoms with Crippen LogP contribution in [0, 0.1) is 0 Å². The molecule has 1 spiro atoms. The smallest absolute Gasteiger partial charge is 0.410 e. The van der Waals surface area contributed by atoms with Crippen LogP contribution in [0.15, 0.2) is 0 Å².